The van der Waals surface area contributed by atoms with E-state index >= 15 is 0 Å². The molecule has 0 saturated carbocycles. The average Bonchev–Trinajstić information content (AvgIpc) is 3.09. The monoisotopic (exact) mass is 311 g/mol. The second kappa shape index (κ2) is 6.75. The van der Waals surface area contributed by atoms with E-state index in [4.69, 9.17) is 11.6 Å². The molecular formula is C18H18ClN3. The van der Waals surface area contributed by atoms with Crippen LogP contribution >= 0.6 is 11.6 Å². The number of rotatable bonds is 5. The van der Waals surface area contributed by atoms with Gasteiger partial charge in [-0.2, -0.15) is 5.10 Å². The normalized spacial score (nSPS) is 13.7. The maximum Gasteiger partial charge on any atom is 0.137 e. The third kappa shape index (κ3) is 3.37. The first-order valence-corrected chi connectivity index (χ1v) is 7.75. The Balaban J connectivity index is 1.89. The molecule has 0 radical (unpaired) electrons. The van der Waals surface area contributed by atoms with E-state index in [1.54, 1.807) is 12.7 Å². The van der Waals surface area contributed by atoms with Crippen molar-refractivity contribution in [2.45, 2.75) is 25.3 Å². The fraction of sp³-hybridized carbons (Fsp3) is 0.222. The molecule has 0 saturated heterocycles. The number of benzene rings is 2. The summed E-state index contributed by atoms with van der Waals surface area (Å²) in [4.78, 5) is 4.11. The Morgan fingerprint density at radius 2 is 1.77 bits per heavy atom. The summed E-state index contributed by atoms with van der Waals surface area (Å²) in [6.07, 6.45) is 4.27. The molecule has 1 aromatic heterocycles. The summed E-state index contributed by atoms with van der Waals surface area (Å²) in [6.45, 7) is 2.23. The summed E-state index contributed by atoms with van der Waals surface area (Å²) in [5.74, 6) is 0.332. The van der Waals surface area contributed by atoms with Crippen LogP contribution in [-0.4, -0.2) is 14.8 Å². The zero-order valence-electron chi connectivity index (χ0n) is 12.4. The number of aromatic nitrogens is 3. The second-order valence-electron chi connectivity index (χ2n) is 5.47. The van der Waals surface area contributed by atoms with Gasteiger partial charge in [0, 0.05) is 10.9 Å². The van der Waals surface area contributed by atoms with Gasteiger partial charge in [0.05, 0.1) is 6.04 Å². The van der Waals surface area contributed by atoms with Crippen LogP contribution in [0.3, 0.4) is 0 Å². The fourth-order valence-electron chi connectivity index (χ4n) is 2.73. The lowest BCUT2D eigenvalue weighted by Crippen LogP contribution is -2.19. The van der Waals surface area contributed by atoms with Crippen LogP contribution in [0.15, 0.2) is 67.3 Å². The first-order chi connectivity index (χ1) is 10.7. The van der Waals surface area contributed by atoms with Crippen LogP contribution in [-0.2, 0) is 6.42 Å². The van der Waals surface area contributed by atoms with Gasteiger partial charge in [0.15, 0.2) is 0 Å². The maximum atomic E-state index is 5.98. The molecule has 2 atom stereocenters. The molecule has 0 spiro atoms. The van der Waals surface area contributed by atoms with Crippen LogP contribution < -0.4 is 0 Å². The lowest BCUT2D eigenvalue weighted by molar-refractivity contribution is 0.391. The Hall–Kier alpha value is -2.13. The maximum absolute atomic E-state index is 5.98. The number of hydrogen-bond acceptors (Lipinski definition) is 2. The van der Waals surface area contributed by atoms with Gasteiger partial charge >= 0.3 is 0 Å². The molecule has 0 bridgehead atoms. The molecule has 1 heterocycles. The summed E-state index contributed by atoms with van der Waals surface area (Å²) in [7, 11) is 0. The minimum Gasteiger partial charge on any atom is -0.249 e. The van der Waals surface area contributed by atoms with Crippen molar-refractivity contribution in [3.63, 3.8) is 0 Å². The first-order valence-electron chi connectivity index (χ1n) is 7.37. The molecule has 0 amide bonds. The van der Waals surface area contributed by atoms with Crippen LogP contribution in [0.2, 0.25) is 5.02 Å². The van der Waals surface area contributed by atoms with E-state index in [1.165, 1.54) is 11.1 Å². The van der Waals surface area contributed by atoms with E-state index in [2.05, 4.69) is 53.4 Å². The molecule has 2 aromatic carbocycles. The summed E-state index contributed by atoms with van der Waals surface area (Å²) in [5, 5.41) is 5.12. The summed E-state index contributed by atoms with van der Waals surface area (Å²) < 4.78 is 1.95. The molecule has 0 aliphatic carbocycles. The predicted molar refractivity (Wildman–Crippen MR) is 89.1 cm³/mol. The van der Waals surface area contributed by atoms with Crippen molar-refractivity contribution in [2.24, 2.45) is 0 Å². The minimum absolute atomic E-state index is 0.214. The lowest BCUT2D eigenvalue weighted by Gasteiger charge is -2.24. The average molecular weight is 312 g/mol. The highest BCUT2D eigenvalue weighted by Crippen LogP contribution is 2.30. The molecule has 2 unspecified atom stereocenters. The number of halogens is 1. The van der Waals surface area contributed by atoms with Crippen molar-refractivity contribution in [2.75, 3.05) is 0 Å². The van der Waals surface area contributed by atoms with Gasteiger partial charge in [0.1, 0.15) is 12.7 Å². The zero-order valence-corrected chi connectivity index (χ0v) is 13.2. The van der Waals surface area contributed by atoms with Crippen LogP contribution in [0.25, 0.3) is 0 Å². The molecule has 3 nitrogen and oxygen atoms in total. The van der Waals surface area contributed by atoms with E-state index < -0.39 is 0 Å². The summed E-state index contributed by atoms with van der Waals surface area (Å²) >= 11 is 5.98. The van der Waals surface area contributed by atoms with Crippen molar-refractivity contribution in [3.05, 3.63) is 83.4 Å². The summed E-state index contributed by atoms with van der Waals surface area (Å²) in [5.41, 5.74) is 2.55. The smallest absolute Gasteiger partial charge is 0.137 e. The number of nitrogens with zero attached hydrogens (tertiary/aromatic N) is 3. The third-order valence-corrected chi connectivity index (χ3v) is 4.29. The van der Waals surface area contributed by atoms with Crippen molar-refractivity contribution in [1.82, 2.24) is 14.8 Å². The highest BCUT2D eigenvalue weighted by molar-refractivity contribution is 6.30. The van der Waals surface area contributed by atoms with Crippen LogP contribution in [0.4, 0.5) is 0 Å². The molecule has 3 rings (SSSR count). The van der Waals surface area contributed by atoms with E-state index in [9.17, 15) is 0 Å². The van der Waals surface area contributed by atoms with Gasteiger partial charge in [0.25, 0.3) is 0 Å². The van der Waals surface area contributed by atoms with Gasteiger partial charge in [-0.3, -0.25) is 0 Å². The van der Waals surface area contributed by atoms with E-state index in [-0.39, 0.29) is 6.04 Å². The molecule has 0 N–H and O–H groups in total. The van der Waals surface area contributed by atoms with E-state index in [0.29, 0.717) is 5.92 Å². The van der Waals surface area contributed by atoms with E-state index in [1.807, 2.05) is 22.9 Å². The molecule has 0 aliphatic rings. The third-order valence-electron chi connectivity index (χ3n) is 4.04. The van der Waals surface area contributed by atoms with Gasteiger partial charge in [0.2, 0.25) is 0 Å². The predicted octanol–water partition coefficient (Wildman–Crippen LogP) is 4.52. The summed E-state index contributed by atoms with van der Waals surface area (Å²) in [6, 6.07) is 18.7. The Morgan fingerprint density at radius 1 is 1.05 bits per heavy atom. The zero-order chi connectivity index (χ0) is 15.4. The topological polar surface area (TPSA) is 30.7 Å². The largest absolute Gasteiger partial charge is 0.249 e. The van der Waals surface area contributed by atoms with Crippen LogP contribution in [0, 0.1) is 0 Å². The molecule has 0 fully saturated rings. The Kier molecular flexibility index (Phi) is 4.54. The molecule has 22 heavy (non-hydrogen) atoms. The molecular weight excluding hydrogens is 294 g/mol. The quantitative estimate of drug-likeness (QED) is 0.693. The molecule has 4 heteroatoms. The highest BCUT2D eigenvalue weighted by Gasteiger charge is 2.21. The second-order valence-corrected chi connectivity index (χ2v) is 5.91. The Labute approximate surface area is 135 Å². The van der Waals surface area contributed by atoms with Crippen molar-refractivity contribution >= 4 is 11.6 Å². The standard InChI is InChI=1S/C18H18ClN3/c1-14(16-5-3-2-4-6-16)18(22-13-20-12-21-22)11-15-7-9-17(19)10-8-15/h2-10,12-14,18H,11H2,1H3. The Morgan fingerprint density at radius 3 is 2.41 bits per heavy atom. The van der Waals surface area contributed by atoms with Gasteiger partial charge in [-0.15, -0.1) is 0 Å². The van der Waals surface area contributed by atoms with Crippen molar-refractivity contribution in [1.29, 1.82) is 0 Å². The molecule has 3 aromatic rings. The first kappa shape index (κ1) is 14.8. The van der Waals surface area contributed by atoms with Crippen molar-refractivity contribution in [3.8, 4) is 0 Å². The molecule has 0 aliphatic heterocycles. The van der Waals surface area contributed by atoms with Gasteiger partial charge in [-0.05, 0) is 29.7 Å². The highest BCUT2D eigenvalue weighted by atomic mass is 35.5. The van der Waals surface area contributed by atoms with Crippen molar-refractivity contribution < 1.29 is 0 Å². The lowest BCUT2D eigenvalue weighted by atomic mass is 9.89. The molecule has 112 valence electrons. The fourth-order valence-corrected chi connectivity index (χ4v) is 2.85. The van der Waals surface area contributed by atoms with Gasteiger partial charge < -0.3 is 0 Å². The SMILES string of the molecule is CC(c1ccccc1)C(Cc1ccc(Cl)cc1)n1cncn1. The Bertz CT molecular complexity index is 693. The number of hydrogen-bond donors (Lipinski definition) is 0. The minimum atomic E-state index is 0.214. The van der Waals surface area contributed by atoms with Crippen LogP contribution in [0.1, 0.15) is 30.0 Å². The van der Waals surface area contributed by atoms with Gasteiger partial charge in [-0.25, -0.2) is 9.67 Å². The van der Waals surface area contributed by atoms with E-state index in [0.717, 1.165) is 11.4 Å². The van der Waals surface area contributed by atoms with Crippen LogP contribution in [0.5, 0.6) is 0 Å². The van der Waals surface area contributed by atoms with Gasteiger partial charge in [-0.1, -0.05) is 61.0 Å².